The number of nitrogens with one attached hydrogen (secondary N) is 1. The van der Waals surface area contributed by atoms with E-state index in [0.29, 0.717) is 48.7 Å². The lowest BCUT2D eigenvalue weighted by molar-refractivity contribution is 0.0989. The van der Waals surface area contributed by atoms with Gasteiger partial charge in [0.2, 0.25) is 17.7 Å². The van der Waals surface area contributed by atoms with Crippen molar-refractivity contribution in [3.8, 4) is 11.5 Å². The number of carbonyl (C=O) groups is 1. The number of rotatable bonds is 5. The molecule has 1 N–H and O–H groups in total. The first-order valence-corrected chi connectivity index (χ1v) is 9.69. The van der Waals surface area contributed by atoms with Crippen molar-refractivity contribution in [3.63, 3.8) is 0 Å². The van der Waals surface area contributed by atoms with E-state index in [1.165, 1.54) is 0 Å². The first-order valence-electron chi connectivity index (χ1n) is 9.69. The van der Waals surface area contributed by atoms with E-state index in [9.17, 15) is 4.79 Å². The van der Waals surface area contributed by atoms with Crippen molar-refractivity contribution < 1.29 is 9.21 Å². The first kappa shape index (κ1) is 18.9. The molecule has 0 saturated heterocycles. The van der Waals surface area contributed by atoms with Crippen LogP contribution in [0.2, 0.25) is 0 Å². The molecule has 0 bridgehead atoms. The van der Waals surface area contributed by atoms with Crippen molar-refractivity contribution in [3.05, 3.63) is 41.9 Å². The van der Waals surface area contributed by atoms with Gasteiger partial charge in [0.25, 0.3) is 5.91 Å². The minimum Gasteiger partial charge on any atom is -0.421 e. The third-order valence-electron chi connectivity index (χ3n) is 4.78. The quantitative estimate of drug-likeness (QED) is 0.706. The second-order valence-electron chi connectivity index (χ2n) is 6.67. The summed E-state index contributed by atoms with van der Waals surface area (Å²) in [7, 11) is 0. The van der Waals surface area contributed by atoms with Crippen LogP contribution in [0, 0.1) is 6.92 Å². The third kappa shape index (κ3) is 3.63. The largest absolute Gasteiger partial charge is 0.421 e. The molecule has 0 atom stereocenters. The van der Waals surface area contributed by atoms with Crippen LogP contribution in [0.4, 0.5) is 17.5 Å². The summed E-state index contributed by atoms with van der Waals surface area (Å²) in [6, 6.07) is 7.56. The van der Waals surface area contributed by atoms with Crippen LogP contribution in [0.3, 0.4) is 0 Å². The molecular formula is C20H23N7O2. The molecule has 2 aromatic heterocycles. The molecule has 0 unspecified atom stereocenters. The molecule has 1 aliphatic heterocycles. The second kappa shape index (κ2) is 7.86. The van der Waals surface area contributed by atoms with E-state index in [0.717, 1.165) is 17.8 Å². The van der Waals surface area contributed by atoms with Gasteiger partial charge in [-0.15, -0.1) is 10.2 Å². The molecular weight excluding hydrogens is 370 g/mol. The highest BCUT2D eigenvalue weighted by Crippen LogP contribution is 2.29. The van der Waals surface area contributed by atoms with Crippen molar-refractivity contribution in [2.45, 2.75) is 20.8 Å². The fourth-order valence-electron chi connectivity index (χ4n) is 3.36. The summed E-state index contributed by atoms with van der Waals surface area (Å²) in [6.07, 6.45) is 1.61. The van der Waals surface area contributed by atoms with Crippen LogP contribution in [0.15, 0.2) is 34.9 Å². The van der Waals surface area contributed by atoms with Crippen molar-refractivity contribution >= 4 is 23.4 Å². The SMILES string of the molecule is CCNc1ncc2c(n1)N(CC)CCN(c1cccc(-c3nnc(C)o3)c1)C2=O. The summed E-state index contributed by atoms with van der Waals surface area (Å²) in [5.74, 6) is 1.99. The highest BCUT2D eigenvalue weighted by molar-refractivity contribution is 6.10. The molecule has 150 valence electrons. The number of benzene rings is 1. The Morgan fingerprint density at radius 3 is 2.79 bits per heavy atom. The smallest absolute Gasteiger partial charge is 0.263 e. The number of amides is 1. The zero-order chi connectivity index (χ0) is 20.4. The topological polar surface area (TPSA) is 100 Å². The Morgan fingerprint density at radius 2 is 2.07 bits per heavy atom. The maximum Gasteiger partial charge on any atom is 0.263 e. The van der Waals surface area contributed by atoms with E-state index >= 15 is 0 Å². The van der Waals surface area contributed by atoms with E-state index < -0.39 is 0 Å². The normalized spacial score (nSPS) is 14.0. The number of aryl methyl sites for hydroxylation is 1. The second-order valence-corrected chi connectivity index (χ2v) is 6.67. The minimum atomic E-state index is -0.127. The average Bonchev–Trinajstić information content (AvgIpc) is 3.12. The van der Waals surface area contributed by atoms with Gasteiger partial charge >= 0.3 is 0 Å². The van der Waals surface area contributed by atoms with Crippen molar-refractivity contribution in [2.24, 2.45) is 0 Å². The Balaban J connectivity index is 1.72. The zero-order valence-corrected chi connectivity index (χ0v) is 16.7. The summed E-state index contributed by atoms with van der Waals surface area (Å²) >= 11 is 0. The van der Waals surface area contributed by atoms with Gasteiger partial charge in [0.05, 0.1) is 0 Å². The third-order valence-corrected chi connectivity index (χ3v) is 4.78. The van der Waals surface area contributed by atoms with E-state index in [1.54, 1.807) is 18.0 Å². The Morgan fingerprint density at radius 1 is 1.21 bits per heavy atom. The zero-order valence-electron chi connectivity index (χ0n) is 16.7. The Hall–Kier alpha value is -3.49. The highest BCUT2D eigenvalue weighted by atomic mass is 16.4. The van der Waals surface area contributed by atoms with Crippen LogP contribution in [-0.2, 0) is 0 Å². The molecule has 1 amide bonds. The Kier molecular flexibility index (Phi) is 5.11. The molecule has 9 heteroatoms. The number of anilines is 3. The molecule has 0 fully saturated rings. The lowest BCUT2D eigenvalue weighted by atomic mass is 10.1. The molecule has 0 saturated carbocycles. The molecule has 1 aliphatic rings. The molecule has 0 radical (unpaired) electrons. The number of aromatic nitrogens is 4. The lowest BCUT2D eigenvalue weighted by Gasteiger charge is -2.22. The molecule has 3 heterocycles. The molecule has 3 aromatic rings. The minimum absolute atomic E-state index is 0.127. The molecule has 0 aliphatic carbocycles. The summed E-state index contributed by atoms with van der Waals surface area (Å²) in [5.41, 5.74) is 2.03. The van der Waals surface area contributed by atoms with Gasteiger partial charge in [0, 0.05) is 50.6 Å². The predicted octanol–water partition coefficient (Wildman–Crippen LogP) is 2.75. The predicted molar refractivity (Wildman–Crippen MR) is 110 cm³/mol. The number of fused-ring (bicyclic) bond motifs is 1. The van der Waals surface area contributed by atoms with Gasteiger partial charge in [-0.1, -0.05) is 6.07 Å². The number of likely N-dealkylation sites (N-methyl/N-ethyl adjacent to an activating group) is 1. The van der Waals surface area contributed by atoms with Crippen LogP contribution in [0.25, 0.3) is 11.5 Å². The van der Waals surface area contributed by atoms with Gasteiger partial charge in [-0.05, 0) is 32.0 Å². The van der Waals surface area contributed by atoms with Gasteiger partial charge < -0.3 is 19.5 Å². The number of hydrogen-bond acceptors (Lipinski definition) is 8. The van der Waals surface area contributed by atoms with E-state index in [4.69, 9.17) is 4.42 Å². The Labute approximate surface area is 168 Å². The van der Waals surface area contributed by atoms with Crippen LogP contribution < -0.4 is 15.1 Å². The van der Waals surface area contributed by atoms with Crippen molar-refractivity contribution in [1.29, 1.82) is 0 Å². The van der Waals surface area contributed by atoms with Crippen LogP contribution in [-0.4, -0.2) is 52.3 Å². The van der Waals surface area contributed by atoms with E-state index in [-0.39, 0.29) is 5.91 Å². The Bertz CT molecular complexity index is 1030. The highest BCUT2D eigenvalue weighted by Gasteiger charge is 2.29. The standard InChI is InChI=1S/C20H23N7O2/c1-4-21-20-22-12-16-17(23-20)26(5-2)9-10-27(19(16)28)15-8-6-7-14(11-15)18-25-24-13(3)29-18/h6-8,11-12H,4-5,9-10H2,1-3H3,(H,21,22,23). The van der Waals surface area contributed by atoms with Gasteiger partial charge in [-0.25, -0.2) is 4.98 Å². The van der Waals surface area contributed by atoms with Gasteiger partial charge in [0.15, 0.2) is 0 Å². The molecule has 9 nitrogen and oxygen atoms in total. The maximum absolute atomic E-state index is 13.4. The monoisotopic (exact) mass is 393 g/mol. The summed E-state index contributed by atoms with van der Waals surface area (Å²) < 4.78 is 5.53. The molecule has 4 rings (SSSR count). The van der Waals surface area contributed by atoms with Gasteiger partial charge in [-0.2, -0.15) is 4.98 Å². The van der Waals surface area contributed by atoms with Crippen LogP contribution >= 0.6 is 0 Å². The molecule has 29 heavy (non-hydrogen) atoms. The lowest BCUT2D eigenvalue weighted by Crippen LogP contribution is -2.34. The van der Waals surface area contributed by atoms with E-state index in [1.807, 2.05) is 31.2 Å². The summed E-state index contributed by atoms with van der Waals surface area (Å²) in [4.78, 5) is 26.1. The van der Waals surface area contributed by atoms with E-state index in [2.05, 4.69) is 37.3 Å². The number of carbonyl (C=O) groups excluding carboxylic acids is 1. The molecule has 1 aromatic carbocycles. The summed E-state index contributed by atoms with van der Waals surface area (Å²) in [5, 5.41) is 11.1. The maximum atomic E-state index is 13.4. The fraction of sp³-hybridized carbons (Fsp3) is 0.350. The van der Waals surface area contributed by atoms with Crippen molar-refractivity contribution in [1.82, 2.24) is 20.2 Å². The van der Waals surface area contributed by atoms with Crippen molar-refractivity contribution in [2.75, 3.05) is 41.3 Å². The van der Waals surface area contributed by atoms with Gasteiger partial charge in [-0.3, -0.25) is 4.79 Å². The number of nitrogens with zero attached hydrogens (tertiary/aromatic N) is 6. The van der Waals surface area contributed by atoms with Gasteiger partial charge in [0.1, 0.15) is 11.4 Å². The first-order chi connectivity index (χ1) is 14.1. The molecule has 0 spiro atoms. The fourth-order valence-corrected chi connectivity index (χ4v) is 3.36. The summed E-state index contributed by atoms with van der Waals surface area (Å²) in [6.45, 7) is 8.45. The average molecular weight is 393 g/mol. The number of hydrogen-bond donors (Lipinski definition) is 1. The van der Waals surface area contributed by atoms with Crippen LogP contribution in [0.5, 0.6) is 0 Å². The van der Waals surface area contributed by atoms with Crippen LogP contribution in [0.1, 0.15) is 30.1 Å².